The number of benzene rings is 1. The minimum atomic E-state index is 0.0691. The number of para-hydroxylation sites is 2. The molecule has 1 saturated carbocycles. The highest BCUT2D eigenvalue weighted by Crippen LogP contribution is 2.31. The van der Waals surface area contributed by atoms with Crippen LogP contribution in [0.2, 0.25) is 0 Å². The number of anilines is 2. The molecule has 0 atom stereocenters. The molecule has 3 aromatic heterocycles. The summed E-state index contributed by atoms with van der Waals surface area (Å²) in [6.07, 6.45) is 7.48. The fourth-order valence-corrected chi connectivity index (χ4v) is 4.21. The van der Waals surface area contributed by atoms with Crippen molar-refractivity contribution in [3.8, 4) is 0 Å². The van der Waals surface area contributed by atoms with Crippen LogP contribution in [0.5, 0.6) is 0 Å². The minimum Gasteiger partial charge on any atom is -0.356 e. The number of nitrogens with one attached hydrogen (secondary N) is 4. The maximum atomic E-state index is 12.7. The van der Waals surface area contributed by atoms with Crippen LogP contribution in [0.4, 0.5) is 11.6 Å². The fraction of sp³-hybridized carbons (Fsp3) is 0.318. The molecule has 1 aliphatic carbocycles. The number of H-pyrrole nitrogens is 2. The van der Waals surface area contributed by atoms with E-state index in [0.717, 1.165) is 65.9 Å². The van der Waals surface area contributed by atoms with E-state index in [-0.39, 0.29) is 11.8 Å². The van der Waals surface area contributed by atoms with Crippen LogP contribution in [0, 0.1) is 11.8 Å². The van der Waals surface area contributed by atoms with E-state index in [9.17, 15) is 4.79 Å². The zero-order valence-corrected chi connectivity index (χ0v) is 16.1. The first-order valence-electron chi connectivity index (χ1n) is 10.2. The first-order chi connectivity index (χ1) is 14.3. The number of fused-ring (bicyclic) bond motifs is 2. The molecule has 7 heteroatoms. The number of aromatic amines is 2. The highest BCUT2D eigenvalue weighted by atomic mass is 16.1. The number of carbonyl (C=O) groups is 1. The maximum absolute atomic E-state index is 12.7. The van der Waals surface area contributed by atoms with Crippen molar-refractivity contribution >= 4 is 39.6 Å². The summed E-state index contributed by atoms with van der Waals surface area (Å²) in [5.41, 5.74) is 3.64. The molecule has 1 amide bonds. The second kappa shape index (κ2) is 7.58. The Hall–Kier alpha value is -3.35. The van der Waals surface area contributed by atoms with Crippen LogP contribution in [-0.2, 0) is 4.79 Å². The normalized spacial score (nSPS) is 19.4. The minimum absolute atomic E-state index is 0.0691. The van der Waals surface area contributed by atoms with Gasteiger partial charge in [0.2, 0.25) is 11.9 Å². The van der Waals surface area contributed by atoms with Crippen molar-refractivity contribution in [2.75, 3.05) is 17.2 Å². The molecule has 1 aliphatic rings. The summed E-state index contributed by atoms with van der Waals surface area (Å²) in [5.74, 6) is 1.56. The van der Waals surface area contributed by atoms with Gasteiger partial charge in [-0.3, -0.25) is 4.79 Å². The quantitative estimate of drug-likeness (QED) is 0.410. The van der Waals surface area contributed by atoms with Gasteiger partial charge in [-0.2, -0.15) is 0 Å². The number of rotatable bonds is 5. The molecule has 0 saturated heterocycles. The molecule has 0 aliphatic heterocycles. The average Bonchev–Trinajstić information content (AvgIpc) is 3.39. The van der Waals surface area contributed by atoms with Crippen LogP contribution >= 0.6 is 0 Å². The molecule has 5 rings (SSSR count). The summed E-state index contributed by atoms with van der Waals surface area (Å²) in [6.45, 7) is 0.877. The molecule has 1 aromatic carbocycles. The van der Waals surface area contributed by atoms with Crippen molar-refractivity contribution in [2.24, 2.45) is 11.8 Å². The number of pyridine rings is 1. The standard InChI is InChI=1S/C22H24N6O/c29-21(26-17-10-12-24-20-16(17)9-11-23-20)15-7-5-14(6-8-15)13-25-22-27-18-3-1-2-4-19(18)28-22/h1-4,9-12,14-15H,5-8,13H2,(H2,25,27,28)(H2,23,24,26,29). The third-order valence-corrected chi connectivity index (χ3v) is 5.88. The fourth-order valence-electron chi connectivity index (χ4n) is 4.21. The van der Waals surface area contributed by atoms with E-state index in [2.05, 4.69) is 30.6 Å². The number of hydrogen-bond acceptors (Lipinski definition) is 4. The third kappa shape index (κ3) is 3.68. The van der Waals surface area contributed by atoms with Crippen LogP contribution in [0.25, 0.3) is 22.1 Å². The monoisotopic (exact) mass is 388 g/mol. The molecule has 1 fully saturated rings. The van der Waals surface area contributed by atoms with Crippen molar-refractivity contribution in [3.63, 3.8) is 0 Å². The summed E-state index contributed by atoms with van der Waals surface area (Å²) in [6, 6.07) is 11.8. The van der Waals surface area contributed by atoms with Gasteiger partial charge in [-0.15, -0.1) is 0 Å². The van der Waals surface area contributed by atoms with E-state index in [1.165, 1.54) is 0 Å². The predicted octanol–water partition coefficient (Wildman–Crippen LogP) is 4.30. The molecule has 29 heavy (non-hydrogen) atoms. The van der Waals surface area contributed by atoms with Gasteiger partial charge in [-0.25, -0.2) is 9.97 Å². The van der Waals surface area contributed by atoms with Gasteiger partial charge < -0.3 is 20.6 Å². The second-order valence-corrected chi connectivity index (χ2v) is 7.79. The lowest BCUT2D eigenvalue weighted by molar-refractivity contribution is -0.121. The first kappa shape index (κ1) is 17.7. The topological polar surface area (TPSA) is 98.5 Å². The second-order valence-electron chi connectivity index (χ2n) is 7.79. The number of amides is 1. The van der Waals surface area contributed by atoms with Crippen LogP contribution in [-0.4, -0.2) is 32.4 Å². The Balaban J connectivity index is 1.14. The first-order valence-corrected chi connectivity index (χ1v) is 10.2. The van der Waals surface area contributed by atoms with Crippen LogP contribution in [0.3, 0.4) is 0 Å². The Bertz CT molecular complexity index is 1110. The molecule has 3 heterocycles. The molecular weight excluding hydrogens is 364 g/mol. The maximum Gasteiger partial charge on any atom is 0.227 e. The van der Waals surface area contributed by atoms with Gasteiger partial charge in [0.25, 0.3) is 0 Å². The Labute approximate surface area is 168 Å². The van der Waals surface area contributed by atoms with Crippen LogP contribution in [0.1, 0.15) is 25.7 Å². The number of hydrogen-bond donors (Lipinski definition) is 4. The van der Waals surface area contributed by atoms with Gasteiger partial charge in [-0.05, 0) is 55.9 Å². The Kier molecular flexibility index (Phi) is 4.63. The van der Waals surface area contributed by atoms with Crippen molar-refractivity contribution in [1.82, 2.24) is 19.9 Å². The molecule has 0 unspecified atom stereocenters. The summed E-state index contributed by atoms with van der Waals surface area (Å²) < 4.78 is 0. The van der Waals surface area contributed by atoms with Gasteiger partial charge in [0.05, 0.1) is 16.7 Å². The summed E-state index contributed by atoms with van der Waals surface area (Å²) >= 11 is 0. The Morgan fingerprint density at radius 2 is 1.97 bits per heavy atom. The van der Waals surface area contributed by atoms with Crippen molar-refractivity contribution in [1.29, 1.82) is 0 Å². The molecule has 148 valence electrons. The highest BCUT2D eigenvalue weighted by molar-refractivity contribution is 6.00. The average molecular weight is 388 g/mol. The smallest absolute Gasteiger partial charge is 0.227 e. The van der Waals surface area contributed by atoms with E-state index in [0.29, 0.717) is 5.92 Å². The number of aromatic nitrogens is 4. The largest absolute Gasteiger partial charge is 0.356 e. The molecule has 4 aromatic rings. The summed E-state index contributed by atoms with van der Waals surface area (Å²) in [4.78, 5) is 28.0. The Morgan fingerprint density at radius 3 is 2.83 bits per heavy atom. The van der Waals surface area contributed by atoms with Crippen LogP contribution in [0.15, 0.2) is 48.8 Å². The van der Waals surface area contributed by atoms with E-state index in [1.54, 1.807) is 6.20 Å². The molecule has 0 radical (unpaired) electrons. The lowest BCUT2D eigenvalue weighted by Gasteiger charge is -2.27. The zero-order chi connectivity index (χ0) is 19.6. The Morgan fingerprint density at radius 1 is 1.10 bits per heavy atom. The molecule has 4 N–H and O–H groups in total. The predicted molar refractivity (Wildman–Crippen MR) is 115 cm³/mol. The zero-order valence-electron chi connectivity index (χ0n) is 16.1. The van der Waals surface area contributed by atoms with E-state index in [4.69, 9.17) is 0 Å². The lowest BCUT2D eigenvalue weighted by atomic mass is 9.81. The van der Waals surface area contributed by atoms with Gasteiger partial charge in [-0.1, -0.05) is 12.1 Å². The highest BCUT2D eigenvalue weighted by Gasteiger charge is 2.26. The summed E-state index contributed by atoms with van der Waals surface area (Å²) in [5, 5.41) is 7.47. The molecule has 0 bridgehead atoms. The molecular formula is C22H24N6O. The van der Waals surface area contributed by atoms with Crippen molar-refractivity contribution in [3.05, 3.63) is 48.8 Å². The number of carbonyl (C=O) groups excluding carboxylic acids is 1. The molecule has 7 nitrogen and oxygen atoms in total. The number of imidazole rings is 1. The van der Waals surface area contributed by atoms with Crippen molar-refractivity contribution < 1.29 is 4.79 Å². The van der Waals surface area contributed by atoms with Gasteiger partial charge in [0, 0.05) is 30.2 Å². The van der Waals surface area contributed by atoms with E-state index < -0.39 is 0 Å². The third-order valence-electron chi connectivity index (χ3n) is 5.88. The van der Waals surface area contributed by atoms with E-state index in [1.807, 2.05) is 42.6 Å². The van der Waals surface area contributed by atoms with Gasteiger partial charge in [0.15, 0.2) is 0 Å². The van der Waals surface area contributed by atoms with Gasteiger partial charge >= 0.3 is 0 Å². The lowest BCUT2D eigenvalue weighted by Crippen LogP contribution is -2.29. The number of nitrogens with zero attached hydrogens (tertiary/aromatic N) is 2. The van der Waals surface area contributed by atoms with E-state index >= 15 is 0 Å². The van der Waals surface area contributed by atoms with Gasteiger partial charge in [0.1, 0.15) is 5.65 Å². The SMILES string of the molecule is O=C(Nc1ccnc2[nH]ccc12)C1CCC(CNc2nc3ccccc3[nH]2)CC1. The van der Waals surface area contributed by atoms with Crippen LogP contribution < -0.4 is 10.6 Å². The van der Waals surface area contributed by atoms with Crippen molar-refractivity contribution in [2.45, 2.75) is 25.7 Å². The molecule has 0 spiro atoms. The summed E-state index contributed by atoms with van der Waals surface area (Å²) in [7, 11) is 0.